The van der Waals surface area contributed by atoms with Crippen molar-refractivity contribution < 1.29 is 33.4 Å². The Balaban J connectivity index is 1.80. The molecule has 3 fully saturated rings. The van der Waals surface area contributed by atoms with E-state index in [0.717, 1.165) is 11.3 Å². The first-order valence-corrected chi connectivity index (χ1v) is 13.5. The van der Waals surface area contributed by atoms with Crippen molar-refractivity contribution >= 4 is 23.4 Å². The van der Waals surface area contributed by atoms with Crippen LogP contribution in [0.25, 0.3) is 0 Å². The number of alkyl halides is 1. The lowest BCUT2D eigenvalue weighted by atomic mass is 9.44. The summed E-state index contributed by atoms with van der Waals surface area (Å²) >= 11 is 0. The minimum atomic E-state index is -1.96. The maximum atomic E-state index is 17.5. The SMILES string of the molecule is CCC(=O)OCC(=O)[C@@]1(OC(=O)CC)[C@@H](C)CC2[C@@H]3CCC4=CC(=NC)C=C[C@]4(C)[C@@]3(F)[C@@H](O)C[C@@]21C. The van der Waals surface area contributed by atoms with E-state index >= 15 is 4.39 Å². The number of aliphatic imine (C=N–C) groups is 1. The Hall–Kier alpha value is -2.35. The number of aliphatic hydroxyl groups excluding tert-OH is 1. The highest BCUT2D eigenvalue weighted by molar-refractivity contribution is 6.05. The van der Waals surface area contributed by atoms with Crippen molar-refractivity contribution in [3.63, 3.8) is 0 Å². The van der Waals surface area contributed by atoms with Crippen LogP contribution in [-0.2, 0) is 23.9 Å². The zero-order valence-corrected chi connectivity index (χ0v) is 22.8. The summed E-state index contributed by atoms with van der Waals surface area (Å²) in [7, 11) is 1.70. The lowest BCUT2D eigenvalue weighted by molar-refractivity contribution is -0.228. The van der Waals surface area contributed by atoms with Crippen LogP contribution in [0.4, 0.5) is 4.39 Å². The van der Waals surface area contributed by atoms with Gasteiger partial charge >= 0.3 is 11.9 Å². The molecule has 0 radical (unpaired) electrons. The van der Waals surface area contributed by atoms with E-state index in [4.69, 9.17) is 9.47 Å². The largest absolute Gasteiger partial charge is 0.457 e. The van der Waals surface area contributed by atoms with Crippen LogP contribution >= 0.6 is 0 Å². The second-order valence-electron chi connectivity index (χ2n) is 11.6. The molecule has 0 amide bonds. The van der Waals surface area contributed by atoms with Crippen molar-refractivity contribution in [2.24, 2.45) is 33.6 Å². The van der Waals surface area contributed by atoms with Gasteiger partial charge in [-0.1, -0.05) is 39.3 Å². The fourth-order valence-electron chi connectivity index (χ4n) is 8.15. The van der Waals surface area contributed by atoms with Gasteiger partial charge in [0, 0.05) is 42.6 Å². The lowest BCUT2D eigenvalue weighted by Gasteiger charge is -2.62. The number of ether oxygens (including phenoxy) is 2. The fraction of sp³-hybridized carbons (Fsp3) is 0.724. The van der Waals surface area contributed by atoms with Crippen LogP contribution in [0.1, 0.15) is 73.1 Å². The summed E-state index contributed by atoms with van der Waals surface area (Å²) in [6, 6.07) is 0. The van der Waals surface area contributed by atoms with Crippen LogP contribution in [0.5, 0.6) is 0 Å². The van der Waals surface area contributed by atoms with Gasteiger partial charge in [-0.25, -0.2) is 4.39 Å². The molecule has 4 aliphatic carbocycles. The first-order valence-electron chi connectivity index (χ1n) is 13.5. The van der Waals surface area contributed by atoms with Crippen molar-refractivity contribution in [2.45, 2.75) is 90.5 Å². The summed E-state index contributed by atoms with van der Waals surface area (Å²) in [5.74, 6) is -2.88. The average molecular weight is 518 g/mol. The molecule has 3 saturated carbocycles. The Morgan fingerprint density at radius 3 is 2.46 bits per heavy atom. The molecule has 0 saturated heterocycles. The number of esters is 2. The molecular formula is C29H40FNO6. The zero-order valence-electron chi connectivity index (χ0n) is 22.8. The first kappa shape index (κ1) is 27.7. The van der Waals surface area contributed by atoms with Crippen molar-refractivity contribution in [3.05, 3.63) is 23.8 Å². The number of allylic oxidation sites excluding steroid dienone is 4. The van der Waals surface area contributed by atoms with E-state index in [1.807, 2.05) is 39.0 Å². The zero-order chi connectivity index (χ0) is 27.4. The third-order valence-electron chi connectivity index (χ3n) is 10.1. The number of ketones is 1. The van der Waals surface area contributed by atoms with Gasteiger partial charge in [-0.2, -0.15) is 0 Å². The summed E-state index contributed by atoms with van der Waals surface area (Å²) in [4.78, 5) is 42.7. The predicted octanol–water partition coefficient (Wildman–Crippen LogP) is 4.32. The molecule has 0 aromatic rings. The van der Waals surface area contributed by atoms with Gasteiger partial charge in [-0.05, 0) is 50.7 Å². The highest BCUT2D eigenvalue weighted by Gasteiger charge is 2.77. The molecule has 4 aliphatic rings. The van der Waals surface area contributed by atoms with Crippen LogP contribution in [0.3, 0.4) is 0 Å². The molecule has 7 nitrogen and oxygen atoms in total. The molecule has 37 heavy (non-hydrogen) atoms. The van der Waals surface area contributed by atoms with E-state index in [0.29, 0.717) is 19.3 Å². The Bertz CT molecular complexity index is 1080. The van der Waals surface area contributed by atoms with Gasteiger partial charge in [-0.15, -0.1) is 0 Å². The lowest BCUT2D eigenvalue weighted by Crippen LogP contribution is -2.70. The number of fused-ring (bicyclic) bond motifs is 5. The second-order valence-corrected chi connectivity index (χ2v) is 11.6. The summed E-state index contributed by atoms with van der Waals surface area (Å²) < 4.78 is 28.8. The van der Waals surface area contributed by atoms with Crippen LogP contribution in [0.15, 0.2) is 28.8 Å². The first-order chi connectivity index (χ1) is 17.3. The van der Waals surface area contributed by atoms with Crippen LogP contribution < -0.4 is 0 Å². The third kappa shape index (κ3) is 3.68. The molecular weight excluding hydrogens is 477 g/mol. The quantitative estimate of drug-likeness (QED) is 0.527. The summed E-state index contributed by atoms with van der Waals surface area (Å²) in [5, 5.41) is 11.6. The molecule has 4 rings (SSSR count). The number of halogens is 1. The molecule has 0 aromatic carbocycles. The molecule has 8 heteroatoms. The second kappa shape index (κ2) is 9.44. The number of rotatable bonds is 6. The Morgan fingerprint density at radius 1 is 1.16 bits per heavy atom. The summed E-state index contributed by atoms with van der Waals surface area (Å²) in [6.07, 6.45) is 5.91. The van der Waals surface area contributed by atoms with Crippen molar-refractivity contribution in [2.75, 3.05) is 13.7 Å². The van der Waals surface area contributed by atoms with Gasteiger partial charge in [-0.3, -0.25) is 19.4 Å². The number of nitrogens with zero attached hydrogens (tertiary/aromatic N) is 1. The molecule has 0 bridgehead atoms. The number of Topliss-reactive ketones (excluding diaryl/α,β-unsaturated/α-hetero) is 1. The molecule has 8 atom stereocenters. The normalized spacial score (nSPS) is 43.4. The van der Waals surface area contributed by atoms with Crippen LogP contribution in [-0.4, -0.2) is 59.6 Å². The molecule has 204 valence electrons. The van der Waals surface area contributed by atoms with Crippen LogP contribution in [0, 0.1) is 28.6 Å². The van der Waals surface area contributed by atoms with Crippen molar-refractivity contribution in [1.82, 2.24) is 0 Å². The minimum absolute atomic E-state index is 0.0507. The van der Waals surface area contributed by atoms with Crippen molar-refractivity contribution in [3.8, 4) is 0 Å². The molecule has 1 unspecified atom stereocenters. The number of carbonyl (C=O) groups excluding carboxylic acids is 3. The topological polar surface area (TPSA) is 102 Å². The number of aliphatic hydroxyl groups is 1. The number of hydrogen-bond donors (Lipinski definition) is 1. The Kier molecular flexibility index (Phi) is 7.06. The Labute approximate surface area is 218 Å². The van der Waals surface area contributed by atoms with Gasteiger partial charge in [0.1, 0.15) is 0 Å². The predicted molar refractivity (Wildman–Crippen MR) is 137 cm³/mol. The van der Waals surface area contributed by atoms with E-state index in [2.05, 4.69) is 4.99 Å². The molecule has 1 N–H and O–H groups in total. The fourth-order valence-corrected chi connectivity index (χ4v) is 8.15. The van der Waals surface area contributed by atoms with E-state index in [-0.39, 0.29) is 25.2 Å². The summed E-state index contributed by atoms with van der Waals surface area (Å²) in [6.45, 7) is 8.30. The van der Waals surface area contributed by atoms with E-state index in [1.54, 1.807) is 20.9 Å². The van der Waals surface area contributed by atoms with Gasteiger partial charge in [0.15, 0.2) is 17.9 Å². The van der Waals surface area contributed by atoms with E-state index < -0.39 is 64.4 Å². The maximum Gasteiger partial charge on any atom is 0.306 e. The standard InChI is InChI=1S/C29H40FNO6/c1-7-24(34)36-16-23(33)29(37-25(35)8-2)17(3)13-21-20-10-9-18-14-19(31-6)11-12-26(18,4)28(20,30)22(32)15-27(21,29)5/h11-12,14,17,20-22,32H,7-10,13,15-16H2,1-6H3/t17-,20-,21?,22-,26-,27-,28-,29-/m0/s1. The van der Waals surface area contributed by atoms with Gasteiger partial charge < -0.3 is 14.6 Å². The monoisotopic (exact) mass is 517 g/mol. The molecule has 0 spiro atoms. The highest BCUT2D eigenvalue weighted by atomic mass is 19.1. The molecule has 0 heterocycles. The number of hydrogen-bond acceptors (Lipinski definition) is 7. The maximum absolute atomic E-state index is 17.5. The summed E-state index contributed by atoms with van der Waals surface area (Å²) in [5.41, 5.74) is -3.94. The van der Waals surface area contributed by atoms with Gasteiger partial charge in [0.05, 0.1) is 11.8 Å². The number of carbonyl (C=O) groups is 3. The van der Waals surface area contributed by atoms with Gasteiger partial charge in [0.25, 0.3) is 0 Å². The smallest absolute Gasteiger partial charge is 0.306 e. The highest BCUT2D eigenvalue weighted by Crippen LogP contribution is 2.71. The third-order valence-corrected chi connectivity index (χ3v) is 10.1. The van der Waals surface area contributed by atoms with Crippen LogP contribution in [0.2, 0.25) is 0 Å². The van der Waals surface area contributed by atoms with Gasteiger partial charge in [0.2, 0.25) is 5.78 Å². The average Bonchev–Trinajstić information content (AvgIpc) is 3.09. The Morgan fingerprint density at radius 2 is 1.84 bits per heavy atom. The minimum Gasteiger partial charge on any atom is -0.457 e. The van der Waals surface area contributed by atoms with E-state index in [1.165, 1.54) is 0 Å². The van der Waals surface area contributed by atoms with Crippen molar-refractivity contribution in [1.29, 1.82) is 0 Å². The molecule has 0 aliphatic heterocycles. The molecule has 0 aromatic heterocycles. The van der Waals surface area contributed by atoms with E-state index in [9.17, 15) is 19.5 Å².